The van der Waals surface area contributed by atoms with Crippen molar-refractivity contribution in [2.45, 2.75) is 19.6 Å². The maximum absolute atomic E-state index is 14.6. The minimum Gasteiger partial charge on any atom is -0.479 e. The number of urea groups is 1. The van der Waals surface area contributed by atoms with Crippen LogP contribution in [-0.2, 0) is 6.61 Å². The number of methoxy groups -OCH3 is 1. The number of rotatable bonds is 5. The van der Waals surface area contributed by atoms with Crippen LogP contribution in [0.3, 0.4) is 0 Å². The number of nitrogens with zero attached hydrogens (tertiary/aromatic N) is 2. The number of nitrogens with one attached hydrogen (secondary N) is 3. The molecule has 1 aromatic carbocycles. The molecule has 0 aliphatic rings. The van der Waals surface area contributed by atoms with Gasteiger partial charge in [0, 0.05) is 0 Å². The zero-order valence-electron chi connectivity index (χ0n) is 14.2. The summed E-state index contributed by atoms with van der Waals surface area (Å²) in [6.45, 7) is 1.34. The largest absolute Gasteiger partial charge is 0.479 e. The maximum Gasteiger partial charge on any atom is 0.320 e. The topological polar surface area (TPSA) is 112 Å². The summed E-state index contributed by atoms with van der Waals surface area (Å²) in [5.41, 5.74) is 1.03. The van der Waals surface area contributed by atoms with Crippen LogP contribution >= 0.6 is 0 Å². The number of carbonyl (C=O) groups excluding carboxylic acids is 1. The van der Waals surface area contributed by atoms with E-state index in [2.05, 4.69) is 25.8 Å². The second kappa shape index (κ2) is 7.36. The lowest BCUT2D eigenvalue weighted by Gasteiger charge is -2.15. The Morgan fingerprint density at radius 3 is 2.77 bits per heavy atom. The molecule has 9 heteroatoms. The van der Waals surface area contributed by atoms with Gasteiger partial charge in [-0.1, -0.05) is 30.3 Å². The number of ether oxygens (including phenoxy) is 1. The fourth-order valence-electron chi connectivity index (χ4n) is 2.62. The van der Waals surface area contributed by atoms with Crippen molar-refractivity contribution in [3.63, 3.8) is 0 Å². The zero-order valence-corrected chi connectivity index (χ0v) is 14.2. The highest BCUT2D eigenvalue weighted by Crippen LogP contribution is 2.30. The molecule has 3 aromatic rings. The van der Waals surface area contributed by atoms with E-state index >= 15 is 0 Å². The Kier molecular flexibility index (Phi) is 4.99. The highest BCUT2D eigenvalue weighted by Gasteiger charge is 2.21. The van der Waals surface area contributed by atoms with E-state index in [1.54, 1.807) is 6.92 Å². The van der Waals surface area contributed by atoms with Crippen molar-refractivity contribution in [1.29, 1.82) is 0 Å². The first kappa shape index (κ1) is 17.6. The monoisotopic (exact) mass is 359 g/mol. The molecule has 26 heavy (non-hydrogen) atoms. The van der Waals surface area contributed by atoms with E-state index in [0.717, 1.165) is 5.56 Å². The summed E-state index contributed by atoms with van der Waals surface area (Å²) in [7, 11) is 1.37. The van der Waals surface area contributed by atoms with Crippen LogP contribution < -0.4 is 15.4 Å². The second-order valence-corrected chi connectivity index (χ2v) is 5.59. The van der Waals surface area contributed by atoms with Crippen molar-refractivity contribution in [3.05, 3.63) is 47.4 Å². The number of benzene rings is 1. The standard InChI is InChI=1S/C17H18FN5O3/c1-9(10-6-4-3-5-7-10)19-17(25)21-15-13(18)14-12(11(8-24)20-15)16(26-2)23-22-14/h3-7,9,24H,8H2,1-2H3,(H,22,23)(H2,19,20,21,25)/t9-/m1/s1. The predicted molar refractivity (Wildman–Crippen MR) is 93.3 cm³/mol. The molecule has 0 radical (unpaired) electrons. The molecule has 1 atom stereocenters. The molecule has 8 nitrogen and oxygen atoms in total. The minimum atomic E-state index is -0.796. The van der Waals surface area contributed by atoms with Crippen LogP contribution in [0.25, 0.3) is 10.9 Å². The summed E-state index contributed by atoms with van der Waals surface area (Å²) in [6, 6.07) is 8.43. The van der Waals surface area contributed by atoms with Gasteiger partial charge in [0.1, 0.15) is 5.52 Å². The van der Waals surface area contributed by atoms with Gasteiger partial charge in [-0.15, -0.1) is 5.10 Å². The number of hydrogen-bond donors (Lipinski definition) is 4. The number of aromatic amines is 1. The Balaban J connectivity index is 1.84. The van der Waals surface area contributed by atoms with E-state index in [0.29, 0.717) is 0 Å². The molecular weight excluding hydrogens is 341 g/mol. The second-order valence-electron chi connectivity index (χ2n) is 5.59. The number of pyridine rings is 1. The molecule has 0 unspecified atom stereocenters. The molecule has 2 amide bonds. The number of aromatic nitrogens is 3. The van der Waals surface area contributed by atoms with Crippen molar-refractivity contribution in [1.82, 2.24) is 20.5 Å². The summed E-state index contributed by atoms with van der Waals surface area (Å²) >= 11 is 0. The molecular formula is C17H18FN5O3. The predicted octanol–water partition coefficient (Wildman–Crippen LogP) is 2.48. The van der Waals surface area contributed by atoms with Crippen molar-refractivity contribution in [2.24, 2.45) is 0 Å². The summed E-state index contributed by atoms with van der Waals surface area (Å²) in [4.78, 5) is 16.2. The van der Waals surface area contributed by atoms with E-state index < -0.39 is 18.5 Å². The van der Waals surface area contributed by atoms with Gasteiger partial charge in [0.2, 0.25) is 5.88 Å². The summed E-state index contributed by atoms with van der Waals surface area (Å²) < 4.78 is 19.7. The van der Waals surface area contributed by atoms with Gasteiger partial charge in [-0.25, -0.2) is 14.2 Å². The molecule has 2 aromatic heterocycles. The quantitative estimate of drug-likeness (QED) is 0.559. The van der Waals surface area contributed by atoms with Gasteiger partial charge in [-0.05, 0) is 12.5 Å². The lowest BCUT2D eigenvalue weighted by atomic mass is 10.1. The molecule has 0 spiro atoms. The summed E-state index contributed by atoms with van der Waals surface area (Å²) in [5.74, 6) is -0.995. The van der Waals surface area contributed by atoms with E-state index in [1.807, 2.05) is 30.3 Å². The normalized spacial score (nSPS) is 12.0. The molecule has 136 valence electrons. The Morgan fingerprint density at radius 1 is 1.38 bits per heavy atom. The number of aliphatic hydroxyl groups is 1. The molecule has 0 aliphatic carbocycles. The van der Waals surface area contributed by atoms with E-state index in [4.69, 9.17) is 4.74 Å². The number of aliphatic hydroxyl groups excluding tert-OH is 1. The van der Waals surface area contributed by atoms with Gasteiger partial charge in [-0.3, -0.25) is 10.4 Å². The molecule has 0 fully saturated rings. The highest BCUT2D eigenvalue weighted by atomic mass is 19.1. The lowest BCUT2D eigenvalue weighted by Crippen LogP contribution is -2.32. The van der Waals surface area contributed by atoms with Crippen LogP contribution in [0.4, 0.5) is 15.0 Å². The number of carbonyl (C=O) groups is 1. The molecule has 0 bridgehead atoms. The van der Waals surface area contributed by atoms with Crippen LogP contribution in [0.5, 0.6) is 5.88 Å². The maximum atomic E-state index is 14.6. The van der Waals surface area contributed by atoms with E-state index in [-0.39, 0.29) is 34.3 Å². The first-order valence-corrected chi connectivity index (χ1v) is 7.89. The van der Waals surface area contributed by atoms with Crippen molar-refractivity contribution < 1.29 is 19.0 Å². The lowest BCUT2D eigenvalue weighted by molar-refractivity contribution is 0.249. The third-order valence-corrected chi connectivity index (χ3v) is 3.92. The first-order chi connectivity index (χ1) is 12.5. The average molecular weight is 359 g/mol. The van der Waals surface area contributed by atoms with Crippen molar-refractivity contribution in [2.75, 3.05) is 12.4 Å². The molecule has 4 N–H and O–H groups in total. The summed E-state index contributed by atoms with van der Waals surface area (Å²) in [6.07, 6.45) is 0. The van der Waals surface area contributed by atoms with E-state index in [1.165, 1.54) is 7.11 Å². The zero-order chi connectivity index (χ0) is 18.7. The molecule has 0 saturated carbocycles. The van der Waals surface area contributed by atoms with E-state index in [9.17, 15) is 14.3 Å². The Hall–Kier alpha value is -3.20. The third kappa shape index (κ3) is 3.29. The highest BCUT2D eigenvalue weighted by molar-refractivity contribution is 5.94. The first-order valence-electron chi connectivity index (χ1n) is 7.89. The number of hydrogen-bond acceptors (Lipinski definition) is 5. The van der Waals surface area contributed by atoms with Gasteiger partial charge in [0.25, 0.3) is 0 Å². The van der Waals surface area contributed by atoms with Gasteiger partial charge in [-0.2, -0.15) is 0 Å². The van der Waals surface area contributed by atoms with Gasteiger partial charge in [0.05, 0.1) is 30.8 Å². The van der Waals surface area contributed by atoms with Crippen LogP contribution in [0.15, 0.2) is 30.3 Å². The van der Waals surface area contributed by atoms with Crippen LogP contribution in [-0.4, -0.2) is 33.4 Å². The van der Waals surface area contributed by atoms with Crippen molar-refractivity contribution >= 4 is 22.8 Å². The number of H-pyrrole nitrogens is 1. The van der Waals surface area contributed by atoms with Crippen LogP contribution in [0, 0.1) is 5.82 Å². The SMILES string of the molecule is COc1n[nH]c2c(F)c(NC(=O)N[C@H](C)c3ccccc3)nc(CO)c12. The minimum absolute atomic E-state index is 0.00712. The number of amides is 2. The Bertz CT molecular complexity index is 929. The third-order valence-electron chi connectivity index (χ3n) is 3.92. The van der Waals surface area contributed by atoms with Crippen LogP contribution in [0.2, 0.25) is 0 Å². The van der Waals surface area contributed by atoms with Crippen LogP contribution in [0.1, 0.15) is 24.2 Å². The number of anilines is 1. The van der Waals surface area contributed by atoms with Gasteiger partial charge >= 0.3 is 6.03 Å². The molecule has 2 heterocycles. The van der Waals surface area contributed by atoms with Crippen molar-refractivity contribution in [3.8, 4) is 5.88 Å². The molecule has 0 aliphatic heterocycles. The smallest absolute Gasteiger partial charge is 0.320 e. The number of halogens is 1. The average Bonchev–Trinajstić information content (AvgIpc) is 3.09. The fraction of sp³-hybridized carbons (Fsp3) is 0.235. The molecule has 3 rings (SSSR count). The fourth-order valence-corrected chi connectivity index (χ4v) is 2.62. The summed E-state index contributed by atoms with van der Waals surface area (Å²) in [5, 5.41) is 21.1. The number of fused-ring (bicyclic) bond motifs is 1. The Morgan fingerprint density at radius 2 is 2.12 bits per heavy atom. The van der Waals surface area contributed by atoms with Gasteiger partial charge < -0.3 is 15.2 Å². The Labute approximate surface area is 148 Å². The molecule has 0 saturated heterocycles. The van der Waals surface area contributed by atoms with Gasteiger partial charge in [0.15, 0.2) is 11.6 Å².